The predicted molar refractivity (Wildman–Crippen MR) is 49.7 cm³/mol. The molecule has 1 rings (SSSR count). The average Bonchev–Trinajstić information content (AvgIpc) is 2.17. The fourth-order valence-electron chi connectivity index (χ4n) is 0.923. The Morgan fingerprint density at radius 1 is 1.44 bits per heavy atom. The fourth-order valence-corrected chi connectivity index (χ4v) is 0.968. The van der Waals surface area contributed by atoms with Crippen LogP contribution in [0.25, 0.3) is 0 Å². The van der Waals surface area contributed by atoms with Crippen LogP contribution in [0.5, 0.6) is 5.75 Å². The Balaban J connectivity index is 3.02. The minimum atomic E-state index is -4.28. The van der Waals surface area contributed by atoms with E-state index in [0.717, 1.165) is 12.1 Å². The Bertz CT molecular complexity index is 395. The Kier molecular flexibility index (Phi) is 3.64. The highest BCUT2D eigenvalue weighted by atomic mass is 35.5. The van der Waals surface area contributed by atoms with Gasteiger partial charge in [0, 0.05) is 0 Å². The van der Waals surface area contributed by atoms with Crippen molar-refractivity contribution in [3.05, 3.63) is 29.8 Å². The van der Waals surface area contributed by atoms with Crippen molar-refractivity contribution < 1.29 is 27.8 Å². The van der Waals surface area contributed by atoms with Gasteiger partial charge in [-0.1, -0.05) is 23.7 Å². The van der Waals surface area contributed by atoms with E-state index >= 15 is 0 Å². The molecule has 1 N–H and O–H groups in total. The van der Waals surface area contributed by atoms with Gasteiger partial charge in [0.25, 0.3) is 5.63 Å². The Morgan fingerprint density at radius 3 is 2.50 bits per heavy atom. The molecule has 0 amide bonds. The molecule has 16 heavy (non-hydrogen) atoms. The normalized spacial score (nSPS) is 13.2. The maximum Gasteiger partial charge on any atom is 0.444 e. The van der Waals surface area contributed by atoms with Crippen molar-refractivity contribution in [2.45, 2.75) is 11.7 Å². The fraction of sp³-hybridized carbons (Fsp3) is 0.222. The average molecular weight is 255 g/mol. The number of hydrogen-bond donors (Lipinski definition) is 1. The van der Waals surface area contributed by atoms with Gasteiger partial charge in [0.15, 0.2) is 0 Å². The number of aromatic carboxylic acids is 1. The first-order chi connectivity index (χ1) is 7.34. The molecule has 0 aromatic heterocycles. The molecule has 3 nitrogen and oxygen atoms in total. The minimum absolute atomic E-state index is 0.500. The number of halogens is 4. The molecule has 0 fully saturated rings. The van der Waals surface area contributed by atoms with Gasteiger partial charge in [0.2, 0.25) is 0 Å². The number of carbonyl (C=O) groups is 1. The van der Waals surface area contributed by atoms with Crippen molar-refractivity contribution in [1.82, 2.24) is 0 Å². The maximum absolute atomic E-state index is 12.8. The molecule has 0 saturated carbocycles. The van der Waals surface area contributed by atoms with Gasteiger partial charge in [-0.3, -0.25) is 0 Å². The third kappa shape index (κ3) is 2.79. The second-order valence-corrected chi connectivity index (χ2v) is 3.15. The van der Waals surface area contributed by atoms with Gasteiger partial charge in [-0.25, -0.2) is 9.18 Å². The van der Waals surface area contributed by atoms with Crippen LogP contribution in [0.1, 0.15) is 10.4 Å². The van der Waals surface area contributed by atoms with Crippen molar-refractivity contribution in [1.29, 1.82) is 0 Å². The lowest BCUT2D eigenvalue weighted by Gasteiger charge is -2.18. The summed E-state index contributed by atoms with van der Waals surface area (Å²) in [5.74, 6) is -2.11. The SMILES string of the molecule is O=C(O)c1ccccc1OC(F)(F)[C@H](F)Cl. The summed E-state index contributed by atoms with van der Waals surface area (Å²) in [6, 6.07) is 4.63. The third-order valence-corrected chi connectivity index (χ3v) is 1.87. The summed E-state index contributed by atoms with van der Waals surface area (Å²) in [4.78, 5) is 10.6. The molecule has 88 valence electrons. The zero-order valence-corrected chi connectivity index (χ0v) is 8.42. The van der Waals surface area contributed by atoms with Crippen LogP contribution in [0.3, 0.4) is 0 Å². The molecule has 0 aliphatic rings. The molecule has 0 aliphatic carbocycles. The second kappa shape index (κ2) is 4.61. The number of rotatable bonds is 4. The zero-order chi connectivity index (χ0) is 12.3. The van der Waals surface area contributed by atoms with Gasteiger partial charge in [-0.2, -0.15) is 8.78 Å². The van der Waals surface area contributed by atoms with Gasteiger partial charge < -0.3 is 9.84 Å². The number of carboxylic acids is 1. The summed E-state index contributed by atoms with van der Waals surface area (Å²) in [6.07, 6.45) is -4.28. The Hall–Kier alpha value is -1.43. The van der Waals surface area contributed by atoms with Crippen LogP contribution in [-0.4, -0.2) is 22.8 Å². The highest BCUT2D eigenvalue weighted by Crippen LogP contribution is 2.30. The first-order valence-electron chi connectivity index (χ1n) is 4.02. The molecule has 0 saturated heterocycles. The summed E-state index contributed by atoms with van der Waals surface area (Å²) in [5.41, 5.74) is -3.56. The quantitative estimate of drug-likeness (QED) is 0.841. The van der Waals surface area contributed by atoms with E-state index in [1.807, 2.05) is 0 Å². The number of hydrogen-bond acceptors (Lipinski definition) is 2. The van der Waals surface area contributed by atoms with Crippen LogP contribution in [0.2, 0.25) is 0 Å². The highest BCUT2D eigenvalue weighted by Gasteiger charge is 2.42. The number of benzene rings is 1. The monoisotopic (exact) mass is 254 g/mol. The van der Waals surface area contributed by atoms with Gasteiger partial charge in [0.05, 0.1) is 0 Å². The van der Waals surface area contributed by atoms with E-state index in [1.54, 1.807) is 0 Å². The number of alkyl halides is 4. The van der Waals surface area contributed by atoms with Crippen molar-refractivity contribution in [3.63, 3.8) is 0 Å². The molecule has 0 radical (unpaired) electrons. The molecule has 0 bridgehead atoms. The van der Waals surface area contributed by atoms with E-state index < -0.39 is 29.0 Å². The van der Waals surface area contributed by atoms with Gasteiger partial charge >= 0.3 is 12.1 Å². The van der Waals surface area contributed by atoms with Crippen LogP contribution in [-0.2, 0) is 0 Å². The van der Waals surface area contributed by atoms with E-state index in [0.29, 0.717) is 0 Å². The maximum atomic E-state index is 12.8. The standard InChI is InChI=1S/C9H6ClF3O3/c10-8(11)9(12,13)16-6-4-2-1-3-5(6)7(14)15/h1-4,8H,(H,14,15)/t8-/m0/s1. The van der Waals surface area contributed by atoms with E-state index in [9.17, 15) is 18.0 Å². The molecule has 1 aromatic rings. The molecule has 0 aliphatic heterocycles. The first-order valence-corrected chi connectivity index (χ1v) is 4.45. The van der Waals surface area contributed by atoms with Crippen molar-refractivity contribution in [3.8, 4) is 5.75 Å². The lowest BCUT2D eigenvalue weighted by molar-refractivity contribution is -0.199. The number of para-hydroxylation sites is 1. The van der Waals surface area contributed by atoms with Crippen molar-refractivity contribution in [2.24, 2.45) is 0 Å². The molecular formula is C9H6ClF3O3. The van der Waals surface area contributed by atoms with E-state index in [4.69, 9.17) is 5.11 Å². The summed E-state index contributed by atoms with van der Waals surface area (Å²) in [5, 5.41) is 8.65. The van der Waals surface area contributed by atoms with Crippen molar-refractivity contribution >= 4 is 17.6 Å². The molecule has 0 heterocycles. The highest BCUT2D eigenvalue weighted by molar-refractivity contribution is 6.20. The molecule has 0 unspecified atom stereocenters. The molecule has 1 atom stereocenters. The van der Waals surface area contributed by atoms with Crippen LogP contribution in [0.4, 0.5) is 13.2 Å². The van der Waals surface area contributed by atoms with Crippen LogP contribution < -0.4 is 4.74 Å². The second-order valence-electron chi connectivity index (χ2n) is 2.77. The summed E-state index contributed by atoms with van der Waals surface area (Å²) in [7, 11) is 0. The summed E-state index contributed by atoms with van der Waals surface area (Å²) < 4.78 is 41.7. The zero-order valence-electron chi connectivity index (χ0n) is 7.66. The number of ether oxygens (including phenoxy) is 1. The lowest BCUT2D eigenvalue weighted by Crippen LogP contribution is -2.33. The van der Waals surface area contributed by atoms with E-state index in [1.165, 1.54) is 12.1 Å². The summed E-state index contributed by atoms with van der Waals surface area (Å²) in [6.45, 7) is 0. The Morgan fingerprint density at radius 2 is 2.00 bits per heavy atom. The number of carboxylic acid groups (broad SMARTS) is 1. The predicted octanol–water partition coefficient (Wildman–Crippen LogP) is 2.89. The lowest BCUT2D eigenvalue weighted by atomic mass is 10.2. The largest absolute Gasteiger partial charge is 0.478 e. The topological polar surface area (TPSA) is 46.5 Å². The van der Waals surface area contributed by atoms with E-state index in [2.05, 4.69) is 16.3 Å². The van der Waals surface area contributed by atoms with Gasteiger partial charge in [-0.15, -0.1) is 0 Å². The molecule has 1 aromatic carbocycles. The van der Waals surface area contributed by atoms with Crippen LogP contribution >= 0.6 is 11.6 Å². The van der Waals surface area contributed by atoms with Crippen LogP contribution in [0.15, 0.2) is 24.3 Å². The summed E-state index contributed by atoms with van der Waals surface area (Å²) >= 11 is 4.56. The molecule has 0 spiro atoms. The third-order valence-electron chi connectivity index (χ3n) is 1.62. The molecular weight excluding hydrogens is 249 g/mol. The molecule has 7 heteroatoms. The first kappa shape index (κ1) is 12.6. The van der Waals surface area contributed by atoms with Gasteiger partial charge in [0.1, 0.15) is 11.3 Å². The smallest absolute Gasteiger partial charge is 0.444 e. The minimum Gasteiger partial charge on any atom is -0.478 e. The van der Waals surface area contributed by atoms with Crippen LogP contribution in [0, 0.1) is 0 Å². The van der Waals surface area contributed by atoms with Crippen molar-refractivity contribution in [2.75, 3.05) is 0 Å². The Labute approximate surface area is 93.4 Å². The van der Waals surface area contributed by atoms with E-state index in [-0.39, 0.29) is 0 Å². The van der Waals surface area contributed by atoms with Gasteiger partial charge in [-0.05, 0) is 12.1 Å².